The number of rotatable bonds is 8. The lowest BCUT2D eigenvalue weighted by Crippen LogP contribution is -2.26. The van der Waals surface area contributed by atoms with E-state index in [1.54, 1.807) is 6.92 Å². The highest BCUT2D eigenvalue weighted by Gasteiger charge is 2.11. The van der Waals surface area contributed by atoms with Crippen LogP contribution in [0.15, 0.2) is 0 Å². The summed E-state index contributed by atoms with van der Waals surface area (Å²) in [6, 6.07) is 0. The first-order valence-electron chi connectivity index (χ1n) is 7.11. The Kier molecular flexibility index (Phi) is 6.70. The van der Waals surface area contributed by atoms with Crippen molar-refractivity contribution in [2.24, 2.45) is 0 Å². The molecule has 1 rings (SSSR count). The first-order valence-corrected chi connectivity index (χ1v) is 7.11. The van der Waals surface area contributed by atoms with Crippen LogP contribution in [0.25, 0.3) is 0 Å². The van der Waals surface area contributed by atoms with Crippen molar-refractivity contribution in [3.05, 3.63) is 17.3 Å². The molecule has 108 valence electrons. The van der Waals surface area contributed by atoms with Gasteiger partial charge in [0, 0.05) is 19.5 Å². The number of halogens is 1. The summed E-state index contributed by atoms with van der Waals surface area (Å²) in [5, 5.41) is 3.02. The maximum atomic E-state index is 13.8. The van der Waals surface area contributed by atoms with E-state index in [0.29, 0.717) is 17.3 Å². The van der Waals surface area contributed by atoms with Gasteiger partial charge in [0.05, 0.1) is 5.69 Å². The number of anilines is 1. The van der Waals surface area contributed by atoms with Gasteiger partial charge in [-0.3, -0.25) is 0 Å². The number of hydrogen-bond donors (Lipinski definition) is 1. The summed E-state index contributed by atoms with van der Waals surface area (Å²) in [5.74, 6) is 0.716. The van der Waals surface area contributed by atoms with Gasteiger partial charge >= 0.3 is 0 Å². The first kappa shape index (κ1) is 15.8. The molecule has 0 aliphatic rings. The molecular formula is C14H25FN4. The predicted octanol–water partition coefficient (Wildman–Crippen LogP) is 2.63. The van der Waals surface area contributed by atoms with Gasteiger partial charge in [0.25, 0.3) is 0 Å². The van der Waals surface area contributed by atoms with Crippen LogP contribution in [-0.4, -0.2) is 41.0 Å². The highest BCUT2D eigenvalue weighted by Crippen LogP contribution is 2.14. The van der Waals surface area contributed by atoms with Crippen molar-refractivity contribution < 1.29 is 4.39 Å². The molecule has 0 bridgehead atoms. The maximum Gasteiger partial charge on any atom is 0.186 e. The molecule has 0 amide bonds. The van der Waals surface area contributed by atoms with E-state index in [9.17, 15) is 4.39 Å². The van der Waals surface area contributed by atoms with Gasteiger partial charge in [0.1, 0.15) is 5.82 Å². The van der Waals surface area contributed by atoms with E-state index in [-0.39, 0.29) is 5.82 Å². The molecule has 0 saturated carbocycles. The Hall–Kier alpha value is -1.23. The lowest BCUT2D eigenvalue weighted by molar-refractivity contribution is 0.305. The smallest absolute Gasteiger partial charge is 0.186 e. The quantitative estimate of drug-likeness (QED) is 0.787. The number of likely N-dealkylation sites (N-methyl/N-ethyl adjacent to an activating group) is 1. The van der Waals surface area contributed by atoms with E-state index in [4.69, 9.17) is 0 Å². The van der Waals surface area contributed by atoms with Gasteiger partial charge in [0.2, 0.25) is 0 Å². The lowest BCUT2D eigenvalue weighted by atomic mass is 10.3. The molecule has 1 aromatic rings. The molecular weight excluding hydrogens is 243 g/mol. The average molecular weight is 268 g/mol. The van der Waals surface area contributed by atoms with Crippen LogP contribution in [0, 0.1) is 12.7 Å². The van der Waals surface area contributed by atoms with Crippen molar-refractivity contribution in [3.8, 4) is 0 Å². The second-order valence-electron chi connectivity index (χ2n) is 4.59. The molecule has 0 spiro atoms. The molecule has 1 aromatic heterocycles. The van der Waals surface area contributed by atoms with Crippen LogP contribution in [0.3, 0.4) is 0 Å². The van der Waals surface area contributed by atoms with Crippen LogP contribution in [0.1, 0.15) is 38.7 Å². The normalized spacial score (nSPS) is 11.1. The van der Waals surface area contributed by atoms with Crippen molar-refractivity contribution in [1.29, 1.82) is 0 Å². The molecule has 4 nitrogen and oxygen atoms in total. The van der Waals surface area contributed by atoms with Crippen LogP contribution < -0.4 is 5.32 Å². The SMILES string of the molecule is CCCNc1nc(CCN(CC)CC)nc(C)c1F. The van der Waals surface area contributed by atoms with Crippen molar-refractivity contribution in [2.75, 3.05) is 31.5 Å². The monoisotopic (exact) mass is 268 g/mol. The zero-order valence-corrected chi connectivity index (χ0v) is 12.5. The van der Waals surface area contributed by atoms with Gasteiger partial charge in [-0.05, 0) is 26.4 Å². The van der Waals surface area contributed by atoms with Crippen molar-refractivity contribution in [3.63, 3.8) is 0 Å². The van der Waals surface area contributed by atoms with Gasteiger partial charge in [-0.25, -0.2) is 14.4 Å². The number of hydrogen-bond acceptors (Lipinski definition) is 4. The minimum atomic E-state index is -0.333. The summed E-state index contributed by atoms with van der Waals surface area (Å²) in [4.78, 5) is 10.8. The lowest BCUT2D eigenvalue weighted by Gasteiger charge is -2.17. The van der Waals surface area contributed by atoms with E-state index < -0.39 is 0 Å². The Morgan fingerprint density at radius 2 is 1.84 bits per heavy atom. The van der Waals surface area contributed by atoms with E-state index >= 15 is 0 Å². The summed E-state index contributed by atoms with van der Waals surface area (Å²) >= 11 is 0. The third kappa shape index (κ3) is 4.74. The number of aryl methyl sites for hydroxylation is 1. The van der Waals surface area contributed by atoms with Crippen LogP contribution in [0.5, 0.6) is 0 Å². The molecule has 1 heterocycles. The van der Waals surface area contributed by atoms with Gasteiger partial charge < -0.3 is 10.2 Å². The fraction of sp³-hybridized carbons (Fsp3) is 0.714. The van der Waals surface area contributed by atoms with Crippen molar-refractivity contribution >= 4 is 5.82 Å². The van der Waals surface area contributed by atoms with Crippen LogP contribution in [0.4, 0.5) is 10.2 Å². The molecule has 1 N–H and O–H groups in total. The Morgan fingerprint density at radius 3 is 2.42 bits per heavy atom. The molecule has 0 aliphatic heterocycles. The van der Waals surface area contributed by atoms with Gasteiger partial charge in [-0.15, -0.1) is 0 Å². The second-order valence-corrected chi connectivity index (χ2v) is 4.59. The molecule has 0 atom stereocenters. The van der Waals surface area contributed by atoms with Crippen molar-refractivity contribution in [2.45, 2.75) is 40.5 Å². The minimum Gasteiger partial charge on any atom is -0.368 e. The molecule has 5 heteroatoms. The summed E-state index contributed by atoms with van der Waals surface area (Å²) < 4.78 is 13.8. The molecule has 19 heavy (non-hydrogen) atoms. The number of aromatic nitrogens is 2. The average Bonchev–Trinajstić information content (AvgIpc) is 2.42. The summed E-state index contributed by atoms with van der Waals surface area (Å²) in [6.07, 6.45) is 1.70. The third-order valence-corrected chi connectivity index (χ3v) is 3.15. The fourth-order valence-corrected chi connectivity index (χ4v) is 1.89. The molecule has 0 aliphatic carbocycles. The second kappa shape index (κ2) is 8.04. The van der Waals surface area contributed by atoms with Crippen LogP contribution in [-0.2, 0) is 6.42 Å². The Labute approximate surface area is 115 Å². The number of nitrogens with one attached hydrogen (secondary N) is 1. The minimum absolute atomic E-state index is 0.333. The predicted molar refractivity (Wildman–Crippen MR) is 77.0 cm³/mol. The van der Waals surface area contributed by atoms with Crippen molar-refractivity contribution in [1.82, 2.24) is 14.9 Å². The molecule has 0 saturated heterocycles. The topological polar surface area (TPSA) is 41.1 Å². The highest BCUT2D eigenvalue weighted by atomic mass is 19.1. The highest BCUT2D eigenvalue weighted by molar-refractivity contribution is 5.38. The number of nitrogens with zero attached hydrogens (tertiary/aromatic N) is 3. The van der Waals surface area contributed by atoms with E-state index in [1.807, 2.05) is 6.92 Å². The summed E-state index contributed by atoms with van der Waals surface area (Å²) in [7, 11) is 0. The molecule has 0 aromatic carbocycles. The summed E-state index contributed by atoms with van der Waals surface area (Å²) in [6.45, 7) is 11.7. The Bertz CT molecular complexity index is 391. The van der Waals surface area contributed by atoms with Crippen LogP contribution >= 0.6 is 0 Å². The standard InChI is InChI=1S/C14H25FN4/c1-5-9-16-14-13(15)11(4)17-12(18-14)8-10-19(6-2)7-3/h5-10H2,1-4H3,(H,16,17,18). The zero-order valence-electron chi connectivity index (χ0n) is 12.5. The zero-order chi connectivity index (χ0) is 14.3. The van der Waals surface area contributed by atoms with Gasteiger partial charge in [-0.2, -0.15) is 0 Å². The third-order valence-electron chi connectivity index (χ3n) is 3.15. The van der Waals surface area contributed by atoms with Gasteiger partial charge in [-0.1, -0.05) is 20.8 Å². The molecule has 0 fully saturated rings. The first-order chi connectivity index (χ1) is 9.12. The van der Waals surface area contributed by atoms with Crippen LogP contribution in [0.2, 0.25) is 0 Å². The maximum absolute atomic E-state index is 13.8. The van der Waals surface area contributed by atoms with E-state index in [1.165, 1.54) is 0 Å². The van der Waals surface area contributed by atoms with E-state index in [2.05, 4.69) is 34.0 Å². The van der Waals surface area contributed by atoms with Gasteiger partial charge in [0.15, 0.2) is 11.6 Å². The largest absolute Gasteiger partial charge is 0.368 e. The van der Waals surface area contributed by atoms with E-state index in [0.717, 1.165) is 39.0 Å². The Morgan fingerprint density at radius 1 is 1.16 bits per heavy atom. The molecule has 0 radical (unpaired) electrons. The Balaban J connectivity index is 2.75. The summed E-state index contributed by atoms with van der Waals surface area (Å²) in [5.41, 5.74) is 0.420. The fourth-order valence-electron chi connectivity index (χ4n) is 1.89. The molecule has 0 unspecified atom stereocenters.